The van der Waals surface area contributed by atoms with Crippen LogP contribution >= 0.6 is 12.4 Å². The highest BCUT2D eigenvalue weighted by Crippen LogP contribution is 2.40. The van der Waals surface area contributed by atoms with E-state index in [4.69, 9.17) is 9.40 Å². The van der Waals surface area contributed by atoms with Gasteiger partial charge in [-0.2, -0.15) is 0 Å². The first kappa shape index (κ1) is 24.7. The van der Waals surface area contributed by atoms with Crippen molar-refractivity contribution in [1.29, 1.82) is 0 Å². The van der Waals surface area contributed by atoms with Gasteiger partial charge in [0.25, 0.3) is 5.56 Å². The molecule has 35 heavy (non-hydrogen) atoms. The van der Waals surface area contributed by atoms with Gasteiger partial charge in [0.05, 0.1) is 5.69 Å². The molecule has 1 aliphatic rings. The van der Waals surface area contributed by atoms with Crippen molar-refractivity contribution in [2.75, 3.05) is 18.4 Å². The molecule has 0 saturated carbocycles. The fourth-order valence-electron chi connectivity index (χ4n) is 4.67. The summed E-state index contributed by atoms with van der Waals surface area (Å²) in [6, 6.07) is 22.4. The van der Waals surface area contributed by atoms with E-state index in [1.165, 1.54) is 11.6 Å². The standard InChI is InChI=1S/C27H27FN4O2.ClH/c1-18-11-12-25(34-18)22-17-32(15-19-7-3-2-4-8-19)16-21(22)24-13-26(33)31-27(30-24)29-14-20-9-5-6-10-23(20)28;/h2-13,21-22H,14-17H2,1H3,(H2,29,30,31,33);1H. The molecule has 1 saturated heterocycles. The molecule has 0 bridgehead atoms. The third-order valence-electron chi connectivity index (χ3n) is 6.32. The van der Waals surface area contributed by atoms with Gasteiger partial charge in [-0.1, -0.05) is 48.5 Å². The average molecular weight is 495 g/mol. The maximum absolute atomic E-state index is 14.0. The second kappa shape index (κ2) is 10.9. The fraction of sp³-hybridized carbons (Fsp3) is 0.259. The topological polar surface area (TPSA) is 74.2 Å². The molecular weight excluding hydrogens is 467 g/mol. The Kier molecular flexibility index (Phi) is 7.68. The zero-order valence-electron chi connectivity index (χ0n) is 19.4. The number of likely N-dealkylation sites (tertiary alicyclic amines) is 1. The molecule has 0 amide bonds. The highest BCUT2D eigenvalue weighted by molar-refractivity contribution is 5.85. The Bertz CT molecular complexity index is 1320. The smallest absolute Gasteiger partial charge is 0.252 e. The van der Waals surface area contributed by atoms with Gasteiger partial charge in [0.1, 0.15) is 17.3 Å². The SMILES string of the molecule is Cc1ccc(C2CN(Cc3ccccc3)CC2c2cc(=O)[nH]c(NCc3ccccc3F)n2)o1.Cl. The minimum Gasteiger partial charge on any atom is -0.466 e. The molecule has 0 spiro atoms. The van der Waals surface area contributed by atoms with Crippen molar-refractivity contribution < 1.29 is 8.81 Å². The number of nitrogens with zero attached hydrogens (tertiary/aromatic N) is 2. The number of nitrogens with one attached hydrogen (secondary N) is 2. The lowest BCUT2D eigenvalue weighted by atomic mass is 9.90. The summed E-state index contributed by atoms with van der Waals surface area (Å²) >= 11 is 0. The van der Waals surface area contributed by atoms with Crippen LogP contribution in [0.25, 0.3) is 0 Å². The summed E-state index contributed by atoms with van der Waals surface area (Å²) in [6.45, 7) is 4.53. The van der Waals surface area contributed by atoms with Gasteiger partial charge in [0, 0.05) is 49.6 Å². The average Bonchev–Trinajstić information content (AvgIpc) is 3.45. The Balaban J connectivity index is 0.00000289. The van der Waals surface area contributed by atoms with Crippen LogP contribution in [-0.4, -0.2) is 28.0 Å². The molecule has 5 rings (SSSR count). The largest absolute Gasteiger partial charge is 0.466 e. The molecule has 2 unspecified atom stereocenters. The number of furan rings is 1. The quantitative estimate of drug-likeness (QED) is 0.368. The van der Waals surface area contributed by atoms with Crippen molar-refractivity contribution in [1.82, 2.24) is 14.9 Å². The fourth-order valence-corrected chi connectivity index (χ4v) is 4.67. The van der Waals surface area contributed by atoms with Gasteiger partial charge in [-0.3, -0.25) is 14.7 Å². The van der Waals surface area contributed by atoms with Crippen LogP contribution in [0.2, 0.25) is 0 Å². The second-order valence-electron chi connectivity index (χ2n) is 8.80. The number of hydrogen-bond donors (Lipinski definition) is 2. The van der Waals surface area contributed by atoms with Crippen LogP contribution in [0.4, 0.5) is 10.3 Å². The van der Waals surface area contributed by atoms with E-state index >= 15 is 0 Å². The van der Waals surface area contributed by atoms with Crippen LogP contribution in [0.15, 0.2) is 82.0 Å². The van der Waals surface area contributed by atoms with Crippen LogP contribution in [0.5, 0.6) is 0 Å². The predicted octanol–water partition coefficient (Wildman–Crippen LogP) is 5.23. The van der Waals surface area contributed by atoms with E-state index in [1.807, 2.05) is 37.3 Å². The molecule has 8 heteroatoms. The Morgan fingerprint density at radius 2 is 1.80 bits per heavy atom. The van der Waals surface area contributed by atoms with E-state index in [-0.39, 0.29) is 42.2 Å². The van der Waals surface area contributed by atoms with Gasteiger partial charge in [-0.05, 0) is 30.7 Å². The van der Waals surface area contributed by atoms with Gasteiger partial charge in [-0.15, -0.1) is 12.4 Å². The summed E-state index contributed by atoms with van der Waals surface area (Å²) in [5, 5.41) is 3.07. The summed E-state index contributed by atoms with van der Waals surface area (Å²) in [6.07, 6.45) is 0. The zero-order valence-corrected chi connectivity index (χ0v) is 20.2. The first-order valence-electron chi connectivity index (χ1n) is 11.5. The number of anilines is 1. The van der Waals surface area contributed by atoms with Crippen LogP contribution in [-0.2, 0) is 13.1 Å². The van der Waals surface area contributed by atoms with E-state index in [2.05, 4.69) is 27.3 Å². The van der Waals surface area contributed by atoms with Crippen LogP contribution in [0, 0.1) is 12.7 Å². The lowest BCUT2D eigenvalue weighted by Gasteiger charge is -2.17. The summed E-state index contributed by atoms with van der Waals surface area (Å²) in [7, 11) is 0. The molecule has 0 radical (unpaired) electrons. The summed E-state index contributed by atoms with van der Waals surface area (Å²) in [4.78, 5) is 22.4. The van der Waals surface area contributed by atoms with Crippen molar-refractivity contribution in [3.8, 4) is 0 Å². The van der Waals surface area contributed by atoms with Gasteiger partial charge in [0.2, 0.25) is 5.95 Å². The van der Waals surface area contributed by atoms with Crippen molar-refractivity contribution in [3.05, 3.63) is 117 Å². The Morgan fingerprint density at radius 1 is 1.06 bits per heavy atom. The number of aryl methyl sites for hydroxylation is 1. The lowest BCUT2D eigenvalue weighted by Crippen LogP contribution is -2.21. The second-order valence-corrected chi connectivity index (χ2v) is 8.80. The van der Waals surface area contributed by atoms with E-state index in [0.717, 1.165) is 31.2 Å². The number of hydrogen-bond acceptors (Lipinski definition) is 5. The minimum atomic E-state index is -0.297. The summed E-state index contributed by atoms with van der Waals surface area (Å²) in [5.41, 5.74) is 2.21. The lowest BCUT2D eigenvalue weighted by molar-refractivity contribution is 0.319. The highest BCUT2D eigenvalue weighted by Gasteiger charge is 2.38. The summed E-state index contributed by atoms with van der Waals surface area (Å²) in [5.74, 6) is 1.87. The van der Waals surface area contributed by atoms with Crippen molar-refractivity contribution in [3.63, 3.8) is 0 Å². The van der Waals surface area contributed by atoms with Gasteiger partial charge in [0.15, 0.2) is 0 Å². The maximum Gasteiger partial charge on any atom is 0.252 e. The van der Waals surface area contributed by atoms with E-state index in [0.29, 0.717) is 17.2 Å². The number of H-pyrrole nitrogens is 1. The Morgan fingerprint density at radius 3 is 2.54 bits per heavy atom. The third-order valence-corrected chi connectivity index (χ3v) is 6.32. The van der Waals surface area contributed by atoms with Crippen molar-refractivity contribution >= 4 is 18.4 Å². The molecule has 2 N–H and O–H groups in total. The van der Waals surface area contributed by atoms with Crippen LogP contribution in [0.3, 0.4) is 0 Å². The predicted molar refractivity (Wildman–Crippen MR) is 136 cm³/mol. The third kappa shape index (κ3) is 5.81. The van der Waals surface area contributed by atoms with Gasteiger partial charge in [-0.25, -0.2) is 9.37 Å². The monoisotopic (exact) mass is 494 g/mol. The molecule has 2 aromatic heterocycles. The van der Waals surface area contributed by atoms with Crippen LogP contribution in [0.1, 0.15) is 40.2 Å². The molecule has 0 aliphatic carbocycles. The molecule has 4 aromatic rings. The van der Waals surface area contributed by atoms with E-state index in [1.54, 1.807) is 24.3 Å². The molecule has 2 aromatic carbocycles. The normalized spacial score (nSPS) is 17.8. The molecule has 2 atom stereocenters. The number of benzene rings is 2. The highest BCUT2D eigenvalue weighted by atomic mass is 35.5. The molecule has 6 nitrogen and oxygen atoms in total. The number of aromatic amines is 1. The minimum absolute atomic E-state index is 0. The van der Waals surface area contributed by atoms with Gasteiger partial charge < -0.3 is 9.73 Å². The van der Waals surface area contributed by atoms with E-state index in [9.17, 15) is 9.18 Å². The Labute approximate surface area is 209 Å². The van der Waals surface area contributed by atoms with Crippen molar-refractivity contribution in [2.45, 2.75) is 31.8 Å². The summed E-state index contributed by atoms with van der Waals surface area (Å²) < 4.78 is 20.0. The molecule has 1 aliphatic heterocycles. The number of aromatic nitrogens is 2. The first-order valence-corrected chi connectivity index (χ1v) is 11.5. The molecule has 3 heterocycles. The van der Waals surface area contributed by atoms with Crippen LogP contribution < -0.4 is 10.9 Å². The van der Waals surface area contributed by atoms with Crippen molar-refractivity contribution in [2.24, 2.45) is 0 Å². The molecule has 182 valence electrons. The van der Waals surface area contributed by atoms with Gasteiger partial charge >= 0.3 is 0 Å². The molecule has 1 fully saturated rings. The maximum atomic E-state index is 14.0. The number of halogens is 2. The first-order chi connectivity index (χ1) is 16.5. The zero-order chi connectivity index (χ0) is 23.5. The number of rotatable bonds is 7. The Hall–Kier alpha value is -3.42. The molecular formula is C27H28ClFN4O2. The van der Waals surface area contributed by atoms with E-state index < -0.39 is 0 Å².